The van der Waals surface area contributed by atoms with E-state index < -0.39 is 9.84 Å². The molecule has 0 aliphatic heterocycles. The van der Waals surface area contributed by atoms with Crippen LogP contribution in [0.15, 0.2) is 18.2 Å². The van der Waals surface area contributed by atoms with Gasteiger partial charge in [0.25, 0.3) is 0 Å². The fourth-order valence-electron chi connectivity index (χ4n) is 2.79. The van der Waals surface area contributed by atoms with Crippen LogP contribution in [-0.4, -0.2) is 39.0 Å². The number of sulfone groups is 1. The van der Waals surface area contributed by atoms with Crippen LogP contribution in [0, 0.1) is 5.92 Å². The molecule has 8 heteroatoms. The zero-order valence-electron chi connectivity index (χ0n) is 13.6. The molecule has 134 valence electrons. The van der Waals surface area contributed by atoms with Crippen molar-refractivity contribution in [1.29, 1.82) is 0 Å². The van der Waals surface area contributed by atoms with Crippen LogP contribution in [0.3, 0.4) is 0 Å². The van der Waals surface area contributed by atoms with Gasteiger partial charge in [0.1, 0.15) is 12.4 Å². The fraction of sp³-hybridized carbons (Fsp3) is 0.562. The van der Waals surface area contributed by atoms with Gasteiger partial charge in [-0.2, -0.15) is 0 Å². The molecule has 1 aromatic carbocycles. The molecular weight excluding hydrogens is 352 g/mol. The Kier molecular flexibility index (Phi) is 6.48. The predicted molar refractivity (Wildman–Crippen MR) is 95.2 cm³/mol. The maximum Gasteiger partial charge on any atom is 0.224 e. The highest BCUT2D eigenvalue weighted by molar-refractivity contribution is 7.90. The van der Waals surface area contributed by atoms with E-state index in [1.807, 2.05) is 0 Å². The van der Waals surface area contributed by atoms with Crippen molar-refractivity contribution in [2.75, 3.05) is 23.9 Å². The van der Waals surface area contributed by atoms with Crippen molar-refractivity contribution in [2.45, 2.75) is 31.7 Å². The van der Waals surface area contributed by atoms with E-state index in [0.717, 1.165) is 25.5 Å². The van der Waals surface area contributed by atoms with Crippen LogP contribution in [-0.2, 0) is 14.6 Å². The molecule has 0 radical (unpaired) electrons. The number of hydrogen-bond donors (Lipinski definition) is 2. The Balaban J connectivity index is 1.99. The molecule has 24 heavy (non-hydrogen) atoms. The first-order valence-corrected chi connectivity index (χ1v) is 10.3. The van der Waals surface area contributed by atoms with E-state index in [9.17, 15) is 13.2 Å². The van der Waals surface area contributed by atoms with Gasteiger partial charge in [-0.15, -0.1) is 0 Å². The molecule has 1 aliphatic carbocycles. The first-order valence-electron chi connectivity index (χ1n) is 7.90. The van der Waals surface area contributed by atoms with Crippen LogP contribution >= 0.6 is 11.6 Å². The number of ether oxygens (including phenoxy) is 1. The van der Waals surface area contributed by atoms with Gasteiger partial charge in [-0.25, -0.2) is 8.42 Å². The lowest BCUT2D eigenvalue weighted by Crippen LogP contribution is -2.28. The number of nitrogens with two attached hydrogens (primary N) is 1. The lowest BCUT2D eigenvalue weighted by molar-refractivity contribution is -0.117. The summed E-state index contributed by atoms with van der Waals surface area (Å²) < 4.78 is 27.8. The Labute approximate surface area is 147 Å². The molecule has 1 aliphatic rings. The van der Waals surface area contributed by atoms with Gasteiger partial charge in [-0.3, -0.25) is 4.79 Å². The third kappa shape index (κ3) is 5.96. The highest BCUT2D eigenvalue weighted by atomic mass is 35.5. The van der Waals surface area contributed by atoms with Crippen molar-refractivity contribution in [2.24, 2.45) is 11.7 Å². The standard InChI is InChI=1S/C16H23ClN2O4S/c1-24(21,22)8-7-23-15-6-5-12(17)10-14(15)19-16(20)9-11-3-2-4-13(11)18/h5-6,10-11,13H,2-4,7-9,18H2,1H3,(H,19,20)/t11-,13+/m0/s1. The van der Waals surface area contributed by atoms with Crippen molar-refractivity contribution in [3.05, 3.63) is 23.2 Å². The van der Waals surface area contributed by atoms with Gasteiger partial charge >= 0.3 is 0 Å². The Morgan fingerprint density at radius 2 is 2.17 bits per heavy atom. The van der Waals surface area contributed by atoms with Crippen LogP contribution in [0.2, 0.25) is 5.02 Å². The second kappa shape index (κ2) is 8.18. The van der Waals surface area contributed by atoms with E-state index in [1.54, 1.807) is 18.2 Å². The lowest BCUT2D eigenvalue weighted by Gasteiger charge is -2.16. The Hall–Kier alpha value is -1.31. The molecule has 1 saturated carbocycles. The summed E-state index contributed by atoms with van der Waals surface area (Å²) in [6, 6.07) is 4.89. The number of nitrogens with one attached hydrogen (secondary N) is 1. The van der Waals surface area contributed by atoms with Crippen molar-refractivity contribution in [3.63, 3.8) is 0 Å². The van der Waals surface area contributed by atoms with Gasteiger partial charge in [0.2, 0.25) is 5.91 Å². The normalized spacial score (nSPS) is 20.8. The lowest BCUT2D eigenvalue weighted by atomic mass is 10.00. The van der Waals surface area contributed by atoms with E-state index >= 15 is 0 Å². The number of amides is 1. The second-order valence-corrected chi connectivity index (χ2v) is 8.92. The average Bonchev–Trinajstić information content (AvgIpc) is 2.85. The molecule has 0 aromatic heterocycles. The molecule has 2 rings (SSSR count). The summed E-state index contributed by atoms with van der Waals surface area (Å²) in [5.41, 5.74) is 6.44. The van der Waals surface area contributed by atoms with E-state index in [4.69, 9.17) is 22.1 Å². The summed E-state index contributed by atoms with van der Waals surface area (Å²) in [6.45, 7) is 0.0107. The third-order valence-corrected chi connectivity index (χ3v) is 5.24. The molecule has 0 bridgehead atoms. The van der Waals surface area contributed by atoms with Crippen molar-refractivity contribution in [3.8, 4) is 5.75 Å². The van der Waals surface area contributed by atoms with Gasteiger partial charge in [0, 0.05) is 23.7 Å². The summed E-state index contributed by atoms with van der Waals surface area (Å²) in [7, 11) is -3.11. The zero-order chi connectivity index (χ0) is 17.7. The number of rotatable bonds is 7. The summed E-state index contributed by atoms with van der Waals surface area (Å²) in [6.07, 6.45) is 4.47. The van der Waals surface area contributed by atoms with Crippen molar-refractivity contribution >= 4 is 33.0 Å². The molecule has 1 aromatic rings. The van der Waals surface area contributed by atoms with E-state index in [2.05, 4.69) is 5.32 Å². The van der Waals surface area contributed by atoms with Gasteiger partial charge in [0.05, 0.1) is 11.4 Å². The van der Waals surface area contributed by atoms with E-state index in [1.165, 1.54) is 0 Å². The summed E-state index contributed by atoms with van der Waals surface area (Å²) >= 11 is 5.98. The number of anilines is 1. The summed E-state index contributed by atoms with van der Waals surface area (Å²) in [5, 5.41) is 3.25. The second-order valence-electron chi connectivity index (χ2n) is 6.23. The first-order chi connectivity index (χ1) is 11.2. The zero-order valence-corrected chi connectivity index (χ0v) is 15.2. The highest BCUT2D eigenvalue weighted by Gasteiger charge is 2.26. The number of hydrogen-bond acceptors (Lipinski definition) is 5. The van der Waals surface area contributed by atoms with Gasteiger partial charge in [0.15, 0.2) is 9.84 Å². The minimum Gasteiger partial charge on any atom is -0.490 e. The topological polar surface area (TPSA) is 98.5 Å². The van der Waals surface area contributed by atoms with Crippen LogP contribution in [0.1, 0.15) is 25.7 Å². The maximum atomic E-state index is 12.2. The SMILES string of the molecule is CS(=O)(=O)CCOc1ccc(Cl)cc1NC(=O)C[C@@H]1CCC[C@H]1N. The van der Waals surface area contributed by atoms with Crippen LogP contribution in [0.4, 0.5) is 5.69 Å². The van der Waals surface area contributed by atoms with Crippen molar-refractivity contribution < 1.29 is 17.9 Å². The van der Waals surface area contributed by atoms with Gasteiger partial charge < -0.3 is 15.8 Å². The molecule has 2 atom stereocenters. The number of halogens is 1. The molecule has 1 fully saturated rings. The quantitative estimate of drug-likeness (QED) is 0.762. The smallest absolute Gasteiger partial charge is 0.224 e. The molecule has 0 spiro atoms. The fourth-order valence-corrected chi connectivity index (χ4v) is 3.35. The molecule has 6 nitrogen and oxygen atoms in total. The van der Waals surface area contributed by atoms with Gasteiger partial charge in [-0.05, 0) is 37.0 Å². The van der Waals surface area contributed by atoms with E-state index in [-0.39, 0.29) is 30.2 Å². The molecule has 0 unspecified atom stereocenters. The summed E-state index contributed by atoms with van der Waals surface area (Å²) in [5.74, 6) is 0.346. The molecular formula is C16H23ClN2O4S. The monoisotopic (exact) mass is 374 g/mol. The molecule has 3 N–H and O–H groups in total. The Bertz CT molecular complexity index is 693. The molecule has 0 heterocycles. The largest absolute Gasteiger partial charge is 0.490 e. The Morgan fingerprint density at radius 3 is 2.79 bits per heavy atom. The number of benzene rings is 1. The Morgan fingerprint density at radius 1 is 1.42 bits per heavy atom. The van der Waals surface area contributed by atoms with Crippen LogP contribution in [0.25, 0.3) is 0 Å². The number of carbonyl (C=O) groups is 1. The minimum absolute atomic E-state index is 0.0107. The van der Waals surface area contributed by atoms with Crippen LogP contribution < -0.4 is 15.8 Å². The third-order valence-electron chi connectivity index (χ3n) is 4.09. The number of carbonyl (C=O) groups excluding carboxylic acids is 1. The average molecular weight is 375 g/mol. The van der Waals surface area contributed by atoms with Crippen LogP contribution in [0.5, 0.6) is 5.75 Å². The highest BCUT2D eigenvalue weighted by Crippen LogP contribution is 2.30. The van der Waals surface area contributed by atoms with Crippen molar-refractivity contribution in [1.82, 2.24) is 0 Å². The molecule has 1 amide bonds. The minimum atomic E-state index is -3.11. The van der Waals surface area contributed by atoms with Gasteiger partial charge in [-0.1, -0.05) is 18.0 Å². The van der Waals surface area contributed by atoms with E-state index in [0.29, 0.717) is 22.9 Å². The summed E-state index contributed by atoms with van der Waals surface area (Å²) in [4.78, 5) is 12.2. The predicted octanol–water partition coefficient (Wildman–Crippen LogP) is 2.22. The molecule has 0 saturated heterocycles. The first kappa shape index (κ1) is 19.0. The maximum absolute atomic E-state index is 12.2.